The molecule has 1 atom stereocenters. The number of nitrogens with one attached hydrogen (secondary N) is 1. The molecule has 0 radical (unpaired) electrons. The van der Waals surface area contributed by atoms with E-state index >= 15 is 0 Å². The summed E-state index contributed by atoms with van der Waals surface area (Å²) in [7, 11) is 1.74. The molecule has 0 aliphatic heterocycles. The molecule has 1 aromatic carbocycles. The van der Waals surface area contributed by atoms with Crippen LogP contribution >= 0.6 is 0 Å². The molecule has 2 rings (SSSR count). The number of benzene rings is 1. The fourth-order valence-corrected chi connectivity index (χ4v) is 1.85. The van der Waals surface area contributed by atoms with Crippen molar-refractivity contribution in [1.29, 1.82) is 0 Å². The van der Waals surface area contributed by atoms with E-state index in [1.165, 1.54) is 5.56 Å². The highest BCUT2D eigenvalue weighted by Gasteiger charge is 2.18. The van der Waals surface area contributed by atoms with Crippen LogP contribution in [0.15, 0.2) is 30.3 Å². The Kier molecular flexibility index (Phi) is 4.20. The highest BCUT2D eigenvalue weighted by Crippen LogP contribution is 2.18. The molecule has 0 aliphatic rings. The first-order valence-corrected chi connectivity index (χ1v) is 6.62. The first-order valence-electron chi connectivity index (χ1n) is 6.62. The summed E-state index contributed by atoms with van der Waals surface area (Å²) in [6.45, 7) is 4.38. The number of hydrogen-bond acceptors (Lipinski definition) is 3. The van der Waals surface area contributed by atoms with E-state index in [9.17, 15) is 4.79 Å². The summed E-state index contributed by atoms with van der Waals surface area (Å²) in [6, 6.07) is 9.79. The predicted molar refractivity (Wildman–Crippen MR) is 79.4 cm³/mol. The van der Waals surface area contributed by atoms with Gasteiger partial charge in [-0.1, -0.05) is 29.8 Å². The molecule has 5 heteroatoms. The number of hydrogen-bond donors (Lipinski definition) is 2. The van der Waals surface area contributed by atoms with E-state index in [2.05, 4.69) is 10.2 Å². The van der Waals surface area contributed by atoms with Crippen LogP contribution in [0.5, 0.6) is 0 Å². The second-order valence-electron chi connectivity index (χ2n) is 5.03. The molecule has 3 N–H and O–H groups in total. The number of aromatic nitrogens is 2. The number of H-pyrrole nitrogens is 1. The van der Waals surface area contributed by atoms with E-state index in [1.807, 2.05) is 38.1 Å². The minimum Gasteiger partial charge on any atom is -0.336 e. The molecule has 1 amide bonds. The van der Waals surface area contributed by atoms with Crippen LogP contribution in [0.4, 0.5) is 0 Å². The average molecular weight is 272 g/mol. The first kappa shape index (κ1) is 14.3. The van der Waals surface area contributed by atoms with Crippen LogP contribution in [-0.4, -0.2) is 40.6 Å². The van der Waals surface area contributed by atoms with Gasteiger partial charge in [0.2, 0.25) is 0 Å². The minimum atomic E-state index is -0.103. The zero-order chi connectivity index (χ0) is 14.7. The molecular formula is C15H20N4O. The Balaban J connectivity index is 2.20. The number of rotatable bonds is 4. The molecule has 2 aromatic rings. The van der Waals surface area contributed by atoms with Crippen LogP contribution in [-0.2, 0) is 0 Å². The van der Waals surface area contributed by atoms with Crippen molar-refractivity contribution in [3.63, 3.8) is 0 Å². The van der Waals surface area contributed by atoms with Crippen molar-refractivity contribution in [2.75, 3.05) is 13.6 Å². The van der Waals surface area contributed by atoms with Gasteiger partial charge in [0.15, 0.2) is 0 Å². The molecule has 0 saturated heterocycles. The molecule has 0 aliphatic carbocycles. The van der Waals surface area contributed by atoms with Gasteiger partial charge in [0, 0.05) is 25.2 Å². The van der Waals surface area contributed by atoms with Crippen molar-refractivity contribution in [3.8, 4) is 11.3 Å². The maximum atomic E-state index is 12.2. The molecule has 1 aromatic heterocycles. The van der Waals surface area contributed by atoms with Gasteiger partial charge in [-0.15, -0.1) is 0 Å². The fourth-order valence-electron chi connectivity index (χ4n) is 1.85. The van der Waals surface area contributed by atoms with Gasteiger partial charge in [-0.05, 0) is 19.9 Å². The van der Waals surface area contributed by atoms with Crippen molar-refractivity contribution in [1.82, 2.24) is 15.1 Å². The highest BCUT2D eigenvalue weighted by atomic mass is 16.2. The van der Waals surface area contributed by atoms with Crippen LogP contribution in [0.25, 0.3) is 11.3 Å². The van der Waals surface area contributed by atoms with E-state index in [0.29, 0.717) is 12.2 Å². The highest BCUT2D eigenvalue weighted by molar-refractivity contribution is 5.93. The molecule has 20 heavy (non-hydrogen) atoms. The molecule has 5 nitrogen and oxygen atoms in total. The van der Waals surface area contributed by atoms with Gasteiger partial charge < -0.3 is 10.6 Å². The average Bonchev–Trinajstić information content (AvgIpc) is 2.95. The Hall–Kier alpha value is -2.14. The largest absolute Gasteiger partial charge is 0.336 e. The fraction of sp³-hybridized carbons (Fsp3) is 0.333. The van der Waals surface area contributed by atoms with E-state index in [4.69, 9.17) is 5.73 Å². The first-order chi connectivity index (χ1) is 9.52. The lowest BCUT2D eigenvalue weighted by atomic mass is 10.1. The standard InChI is InChI=1S/C15H20N4O/c1-10-4-6-12(7-5-10)13-8-14(18-17-13)15(20)19(3)11(2)9-16/h4-8,11H,9,16H2,1-3H3,(H,17,18). The summed E-state index contributed by atoms with van der Waals surface area (Å²) in [5.74, 6) is -0.103. The molecule has 1 heterocycles. The normalized spacial score (nSPS) is 12.2. The molecule has 106 valence electrons. The Labute approximate surface area is 118 Å². The third kappa shape index (κ3) is 2.88. The topological polar surface area (TPSA) is 75.0 Å². The van der Waals surface area contributed by atoms with Crippen molar-refractivity contribution in [2.24, 2.45) is 5.73 Å². The summed E-state index contributed by atoms with van der Waals surface area (Å²) < 4.78 is 0. The van der Waals surface area contributed by atoms with Crippen molar-refractivity contribution < 1.29 is 4.79 Å². The van der Waals surface area contributed by atoms with Gasteiger partial charge >= 0.3 is 0 Å². The van der Waals surface area contributed by atoms with Crippen LogP contribution < -0.4 is 5.73 Å². The summed E-state index contributed by atoms with van der Waals surface area (Å²) in [6.07, 6.45) is 0. The zero-order valence-corrected chi connectivity index (χ0v) is 12.1. The number of nitrogens with two attached hydrogens (primary N) is 1. The van der Waals surface area contributed by atoms with Gasteiger partial charge in [0.05, 0.1) is 5.69 Å². The van der Waals surface area contributed by atoms with Crippen LogP contribution in [0, 0.1) is 6.92 Å². The molecule has 1 unspecified atom stereocenters. The Morgan fingerprint density at radius 1 is 1.40 bits per heavy atom. The van der Waals surface area contributed by atoms with Crippen molar-refractivity contribution in [2.45, 2.75) is 19.9 Å². The third-order valence-corrected chi connectivity index (χ3v) is 3.48. The predicted octanol–water partition coefficient (Wildman–Crippen LogP) is 1.80. The molecule has 0 spiro atoms. The molecule has 0 fully saturated rings. The van der Waals surface area contributed by atoms with Gasteiger partial charge in [0.25, 0.3) is 5.91 Å². The second-order valence-corrected chi connectivity index (χ2v) is 5.03. The molecular weight excluding hydrogens is 252 g/mol. The second kappa shape index (κ2) is 5.88. The van der Waals surface area contributed by atoms with Crippen molar-refractivity contribution >= 4 is 5.91 Å². The number of likely N-dealkylation sites (N-methyl/N-ethyl adjacent to an activating group) is 1. The summed E-state index contributed by atoms with van der Waals surface area (Å²) in [5.41, 5.74) is 9.00. The van der Waals surface area contributed by atoms with E-state index in [0.717, 1.165) is 11.3 Å². The lowest BCUT2D eigenvalue weighted by Gasteiger charge is -2.22. The van der Waals surface area contributed by atoms with E-state index in [1.54, 1.807) is 18.0 Å². The Morgan fingerprint density at radius 2 is 2.05 bits per heavy atom. The molecule has 0 saturated carbocycles. The number of amides is 1. The minimum absolute atomic E-state index is 0.00590. The Bertz CT molecular complexity index is 588. The van der Waals surface area contributed by atoms with Crippen LogP contribution in [0.2, 0.25) is 0 Å². The third-order valence-electron chi connectivity index (χ3n) is 3.48. The smallest absolute Gasteiger partial charge is 0.271 e. The van der Waals surface area contributed by atoms with Gasteiger partial charge in [-0.25, -0.2) is 0 Å². The number of aryl methyl sites for hydroxylation is 1. The van der Waals surface area contributed by atoms with Gasteiger partial charge in [-0.3, -0.25) is 9.89 Å². The maximum absolute atomic E-state index is 12.2. The number of carbonyl (C=O) groups is 1. The lowest BCUT2D eigenvalue weighted by Crippen LogP contribution is -2.39. The van der Waals surface area contributed by atoms with Gasteiger partial charge in [0.1, 0.15) is 5.69 Å². The maximum Gasteiger partial charge on any atom is 0.271 e. The number of aromatic amines is 1. The zero-order valence-electron chi connectivity index (χ0n) is 12.1. The molecule has 0 bridgehead atoms. The number of carbonyl (C=O) groups excluding carboxylic acids is 1. The van der Waals surface area contributed by atoms with Gasteiger partial charge in [-0.2, -0.15) is 5.10 Å². The summed E-state index contributed by atoms with van der Waals surface area (Å²) in [4.78, 5) is 13.9. The van der Waals surface area contributed by atoms with Crippen LogP contribution in [0.1, 0.15) is 23.0 Å². The monoisotopic (exact) mass is 272 g/mol. The SMILES string of the molecule is Cc1ccc(-c2cc(C(=O)N(C)C(C)CN)[nH]n2)cc1. The lowest BCUT2D eigenvalue weighted by molar-refractivity contribution is 0.0742. The number of nitrogens with zero attached hydrogens (tertiary/aromatic N) is 2. The van der Waals surface area contributed by atoms with Crippen LogP contribution in [0.3, 0.4) is 0 Å². The Morgan fingerprint density at radius 3 is 2.65 bits per heavy atom. The van der Waals surface area contributed by atoms with E-state index in [-0.39, 0.29) is 11.9 Å². The van der Waals surface area contributed by atoms with Crippen molar-refractivity contribution in [3.05, 3.63) is 41.6 Å². The van der Waals surface area contributed by atoms with E-state index < -0.39 is 0 Å². The summed E-state index contributed by atoms with van der Waals surface area (Å²) in [5, 5.41) is 7.00. The quantitative estimate of drug-likeness (QED) is 0.891. The summed E-state index contributed by atoms with van der Waals surface area (Å²) >= 11 is 0.